The topological polar surface area (TPSA) is 42.3 Å². The molecule has 0 aliphatic rings. The maximum atomic E-state index is 11.2. The summed E-state index contributed by atoms with van der Waals surface area (Å²) in [5, 5.41) is 0. The number of likely N-dealkylation sites (N-methyl/N-ethyl adjacent to an activating group) is 1. The smallest absolute Gasteiger partial charge is 0.250 e. The van der Waals surface area contributed by atoms with Gasteiger partial charge in [-0.15, -0.1) is 0 Å². The van der Waals surface area contributed by atoms with Gasteiger partial charge in [0.15, 0.2) is 0 Å². The molecule has 0 saturated carbocycles. The summed E-state index contributed by atoms with van der Waals surface area (Å²) in [6.45, 7) is 3.88. The van der Waals surface area contributed by atoms with Crippen molar-refractivity contribution in [2.75, 3.05) is 7.05 Å². The van der Waals surface area contributed by atoms with Crippen LogP contribution in [0.5, 0.6) is 0 Å². The lowest BCUT2D eigenvalue weighted by Crippen LogP contribution is -2.25. The van der Waals surface area contributed by atoms with Crippen LogP contribution in [0.1, 0.15) is 5.56 Å². The van der Waals surface area contributed by atoms with Gasteiger partial charge in [0.05, 0.1) is 0 Å². The Balaban J connectivity index is 2.81. The van der Waals surface area contributed by atoms with Gasteiger partial charge in [-0.1, -0.05) is 12.6 Å². The Kier molecular flexibility index (Phi) is 3.44. The SMILES string of the molecule is C=CC(=O)N(C)Cc1ccc(=O)n(C)c1. The Hall–Kier alpha value is -1.84. The molecule has 0 radical (unpaired) electrons. The fraction of sp³-hybridized carbons (Fsp3) is 0.273. The van der Waals surface area contributed by atoms with Gasteiger partial charge in [0.2, 0.25) is 11.5 Å². The fourth-order valence-electron chi connectivity index (χ4n) is 1.25. The third kappa shape index (κ3) is 2.80. The lowest BCUT2D eigenvalue weighted by molar-refractivity contribution is -0.125. The first-order valence-corrected chi connectivity index (χ1v) is 4.57. The van der Waals surface area contributed by atoms with Crippen molar-refractivity contribution in [2.24, 2.45) is 7.05 Å². The molecule has 15 heavy (non-hydrogen) atoms. The Morgan fingerprint density at radius 1 is 1.60 bits per heavy atom. The Morgan fingerprint density at radius 2 is 2.27 bits per heavy atom. The summed E-state index contributed by atoms with van der Waals surface area (Å²) in [5.74, 6) is -0.135. The molecule has 1 rings (SSSR count). The molecule has 4 heteroatoms. The molecule has 1 heterocycles. The second-order valence-corrected chi connectivity index (χ2v) is 3.38. The summed E-state index contributed by atoms with van der Waals surface area (Å²) < 4.78 is 1.49. The first kappa shape index (κ1) is 11.2. The third-order valence-corrected chi connectivity index (χ3v) is 2.12. The van der Waals surface area contributed by atoms with Crippen LogP contribution < -0.4 is 5.56 Å². The summed E-state index contributed by atoms with van der Waals surface area (Å²) in [6.07, 6.45) is 2.98. The molecule has 0 atom stereocenters. The van der Waals surface area contributed by atoms with Crippen LogP contribution in [0.15, 0.2) is 35.8 Å². The molecule has 0 aliphatic carbocycles. The van der Waals surface area contributed by atoms with Crippen LogP contribution in [0.4, 0.5) is 0 Å². The summed E-state index contributed by atoms with van der Waals surface area (Å²) in [5.41, 5.74) is 0.853. The van der Waals surface area contributed by atoms with E-state index >= 15 is 0 Å². The number of carbonyl (C=O) groups is 1. The van der Waals surface area contributed by atoms with Gasteiger partial charge in [0, 0.05) is 32.9 Å². The molecule has 0 aliphatic heterocycles. The van der Waals surface area contributed by atoms with Gasteiger partial charge in [0.25, 0.3) is 0 Å². The highest BCUT2D eigenvalue weighted by Gasteiger charge is 2.05. The number of hydrogen-bond donors (Lipinski definition) is 0. The number of rotatable bonds is 3. The normalized spacial score (nSPS) is 9.73. The van der Waals surface area contributed by atoms with Gasteiger partial charge < -0.3 is 9.47 Å². The van der Waals surface area contributed by atoms with Crippen molar-refractivity contribution < 1.29 is 4.79 Å². The van der Waals surface area contributed by atoms with Crippen molar-refractivity contribution in [1.29, 1.82) is 0 Å². The van der Waals surface area contributed by atoms with Crippen molar-refractivity contribution in [2.45, 2.75) is 6.54 Å². The number of nitrogens with zero attached hydrogens (tertiary/aromatic N) is 2. The molecule has 0 N–H and O–H groups in total. The molecule has 0 saturated heterocycles. The van der Waals surface area contributed by atoms with Crippen LogP contribution in [0.25, 0.3) is 0 Å². The van der Waals surface area contributed by atoms with Crippen molar-refractivity contribution in [1.82, 2.24) is 9.47 Å². The lowest BCUT2D eigenvalue weighted by Gasteiger charge is -2.15. The van der Waals surface area contributed by atoms with Gasteiger partial charge >= 0.3 is 0 Å². The minimum Gasteiger partial charge on any atom is -0.338 e. The zero-order chi connectivity index (χ0) is 11.4. The summed E-state index contributed by atoms with van der Waals surface area (Å²) in [4.78, 5) is 23.9. The highest BCUT2D eigenvalue weighted by molar-refractivity contribution is 5.86. The van der Waals surface area contributed by atoms with E-state index in [9.17, 15) is 9.59 Å². The molecule has 0 aromatic carbocycles. The molecule has 1 amide bonds. The van der Waals surface area contributed by atoms with E-state index < -0.39 is 0 Å². The van der Waals surface area contributed by atoms with E-state index in [1.165, 1.54) is 21.6 Å². The van der Waals surface area contributed by atoms with E-state index in [0.29, 0.717) is 6.54 Å². The van der Waals surface area contributed by atoms with Crippen LogP contribution in [0, 0.1) is 0 Å². The van der Waals surface area contributed by atoms with Crippen LogP contribution in [0.3, 0.4) is 0 Å². The third-order valence-electron chi connectivity index (χ3n) is 2.12. The number of pyridine rings is 1. The van der Waals surface area contributed by atoms with Gasteiger partial charge in [0.1, 0.15) is 0 Å². The van der Waals surface area contributed by atoms with E-state index in [-0.39, 0.29) is 11.5 Å². The molecule has 0 spiro atoms. The van der Waals surface area contributed by atoms with Crippen molar-refractivity contribution in [3.63, 3.8) is 0 Å². The number of amides is 1. The molecule has 0 bridgehead atoms. The predicted octanol–water partition coefficient (Wildman–Crippen LogP) is 0.530. The first-order valence-electron chi connectivity index (χ1n) is 4.57. The molecular weight excluding hydrogens is 192 g/mol. The monoisotopic (exact) mass is 206 g/mol. The van der Waals surface area contributed by atoms with Crippen molar-refractivity contribution in [3.05, 3.63) is 46.9 Å². The average molecular weight is 206 g/mol. The average Bonchev–Trinajstić information content (AvgIpc) is 2.22. The van der Waals surface area contributed by atoms with Crippen molar-refractivity contribution >= 4 is 5.91 Å². The Bertz CT molecular complexity index is 434. The van der Waals surface area contributed by atoms with Gasteiger partial charge in [-0.3, -0.25) is 9.59 Å². The van der Waals surface area contributed by atoms with E-state index in [4.69, 9.17) is 0 Å². The largest absolute Gasteiger partial charge is 0.338 e. The summed E-state index contributed by atoms with van der Waals surface area (Å²) in [6, 6.07) is 3.21. The standard InChI is InChI=1S/C11H14N2O2/c1-4-10(14)12(2)7-9-5-6-11(15)13(3)8-9/h4-6,8H,1,7H2,2-3H3. The molecule has 0 unspecified atom stereocenters. The molecule has 0 fully saturated rings. The minimum absolute atomic E-state index is 0.0588. The number of aromatic nitrogens is 1. The maximum Gasteiger partial charge on any atom is 0.250 e. The van der Waals surface area contributed by atoms with E-state index in [2.05, 4.69) is 6.58 Å². The second-order valence-electron chi connectivity index (χ2n) is 3.38. The molecule has 80 valence electrons. The number of hydrogen-bond acceptors (Lipinski definition) is 2. The number of carbonyl (C=O) groups excluding carboxylic acids is 1. The highest BCUT2D eigenvalue weighted by atomic mass is 16.2. The fourth-order valence-corrected chi connectivity index (χ4v) is 1.25. The molecule has 4 nitrogen and oxygen atoms in total. The Morgan fingerprint density at radius 3 is 2.80 bits per heavy atom. The second kappa shape index (κ2) is 4.59. The Labute approximate surface area is 88.4 Å². The molecule has 1 aromatic rings. The maximum absolute atomic E-state index is 11.2. The van der Waals surface area contributed by atoms with Crippen LogP contribution in [-0.4, -0.2) is 22.4 Å². The van der Waals surface area contributed by atoms with E-state index in [0.717, 1.165) is 5.56 Å². The molecular formula is C11H14N2O2. The zero-order valence-corrected chi connectivity index (χ0v) is 8.93. The lowest BCUT2D eigenvalue weighted by atomic mass is 10.2. The highest BCUT2D eigenvalue weighted by Crippen LogP contribution is 2.00. The summed E-state index contributed by atoms with van der Waals surface area (Å²) in [7, 11) is 3.37. The van der Waals surface area contributed by atoms with Gasteiger partial charge in [-0.05, 0) is 11.6 Å². The summed E-state index contributed by atoms with van der Waals surface area (Å²) >= 11 is 0. The molecule has 1 aromatic heterocycles. The van der Waals surface area contributed by atoms with Crippen LogP contribution >= 0.6 is 0 Å². The van der Waals surface area contributed by atoms with E-state index in [1.54, 1.807) is 26.4 Å². The van der Waals surface area contributed by atoms with E-state index in [1.807, 2.05) is 0 Å². The quantitative estimate of drug-likeness (QED) is 0.677. The van der Waals surface area contributed by atoms with Crippen molar-refractivity contribution in [3.8, 4) is 0 Å². The van der Waals surface area contributed by atoms with Gasteiger partial charge in [-0.2, -0.15) is 0 Å². The van der Waals surface area contributed by atoms with Crippen LogP contribution in [-0.2, 0) is 18.4 Å². The zero-order valence-electron chi connectivity index (χ0n) is 8.93. The minimum atomic E-state index is -0.135. The van der Waals surface area contributed by atoms with Gasteiger partial charge in [-0.25, -0.2) is 0 Å². The number of aryl methyl sites for hydroxylation is 1. The van der Waals surface area contributed by atoms with Crippen LogP contribution in [0.2, 0.25) is 0 Å². The predicted molar refractivity (Wildman–Crippen MR) is 58.4 cm³/mol. The first-order chi connectivity index (χ1) is 7.04.